The van der Waals surface area contributed by atoms with Crippen LogP contribution in [0.3, 0.4) is 0 Å². The van der Waals surface area contributed by atoms with Gasteiger partial charge in [-0.2, -0.15) is 0 Å². The number of carboxylic acid groups (broad SMARTS) is 1. The minimum absolute atomic E-state index is 0.0249. The fourth-order valence-corrected chi connectivity index (χ4v) is 3.13. The van der Waals surface area contributed by atoms with E-state index in [0.717, 1.165) is 6.07 Å². The first-order valence-corrected chi connectivity index (χ1v) is 8.72. The zero-order valence-corrected chi connectivity index (χ0v) is 13.6. The van der Waals surface area contributed by atoms with Gasteiger partial charge in [0.1, 0.15) is 0 Å². The van der Waals surface area contributed by atoms with E-state index in [-0.39, 0.29) is 17.1 Å². The van der Waals surface area contributed by atoms with Crippen molar-refractivity contribution < 1.29 is 23.4 Å². The minimum Gasteiger partial charge on any atom is -0.478 e. The Balaban J connectivity index is 2.30. The van der Waals surface area contributed by atoms with Gasteiger partial charge in [0.25, 0.3) is 10.0 Å². The highest BCUT2D eigenvalue weighted by molar-refractivity contribution is 7.92. The van der Waals surface area contributed by atoms with E-state index in [1.807, 2.05) is 0 Å². The number of carbonyl (C=O) groups is 1. The number of aliphatic hydroxyl groups excluding tert-OH is 1. The van der Waals surface area contributed by atoms with Gasteiger partial charge in [0.2, 0.25) is 0 Å². The summed E-state index contributed by atoms with van der Waals surface area (Å²) < 4.78 is 27.2. The van der Waals surface area contributed by atoms with Gasteiger partial charge < -0.3 is 15.5 Å². The van der Waals surface area contributed by atoms with Crippen molar-refractivity contribution in [2.75, 3.05) is 23.2 Å². The fraction of sp³-hybridized carbons (Fsp3) is 0.188. The lowest BCUT2D eigenvalue weighted by Gasteiger charge is -2.12. The van der Waals surface area contributed by atoms with Crippen LogP contribution < -0.4 is 10.0 Å². The Hall–Kier alpha value is -2.58. The third kappa shape index (κ3) is 4.46. The molecule has 0 saturated heterocycles. The molecule has 0 bridgehead atoms. The van der Waals surface area contributed by atoms with Gasteiger partial charge in [0.15, 0.2) is 0 Å². The summed E-state index contributed by atoms with van der Waals surface area (Å²) in [4.78, 5) is 11.2. The third-order valence-corrected chi connectivity index (χ3v) is 4.59. The third-order valence-electron chi connectivity index (χ3n) is 3.21. The highest BCUT2D eigenvalue weighted by Gasteiger charge is 2.19. The van der Waals surface area contributed by atoms with Crippen molar-refractivity contribution in [3.05, 3.63) is 54.1 Å². The van der Waals surface area contributed by atoms with Gasteiger partial charge in [0, 0.05) is 24.5 Å². The first-order chi connectivity index (χ1) is 11.4. The standard InChI is InChI=1S/C16H18N2O5S/c19-10-4-9-17-15-8-7-13(11-14(15)16(20)21)24(22,23)18-12-5-2-1-3-6-12/h1-3,5-8,11,17-19H,4,9-10H2,(H,20,21). The van der Waals surface area contributed by atoms with Crippen LogP contribution in [-0.2, 0) is 10.0 Å². The van der Waals surface area contributed by atoms with Crippen LogP contribution in [0.4, 0.5) is 11.4 Å². The maximum Gasteiger partial charge on any atom is 0.337 e. The van der Waals surface area contributed by atoms with Gasteiger partial charge in [-0.1, -0.05) is 18.2 Å². The van der Waals surface area contributed by atoms with Crippen molar-refractivity contribution >= 4 is 27.4 Å². The summed E-state index contributed by atoms with van der Waals surface area (Å²) in [6, 6.07) is 12.2. The highest BCUT2D eigenvalue weighted by atomic mass is 32.2. The number of benzene rings is 2. The summed E-state index contributed by atoms with van der Waals surface area (Å²) in [5.41, 5.74) is 0.540. The summed E-state index contributed by atoms with van der Waals surface area (Å²) in [6.07, 6.45) is 0.453. The number of carboxylic acids is 1. The largest absolute Gasteiger partial charge is 0.478 e. The molecular formula is C16H18N2O5S. The monoisotopic (exact) mass is 350 g/mol. The van der Waals surface area contributed by atoms with Crippen molar-refractivity contribution in [1.82, 2.24) is 0 Å². The lowest BCUT2D eigenvalue weighted by Crippen LogP contribution is -2.15. The van der Waals surface area contributed by atoms with Crippen molar-refractivity contribution in [3.8, 4) is 0 Å². The second kappa shape index (κ2) is 7.80. The molecule has 2 aromatic rings. The average molecular weight is 350 g/mol. The number of aromatic carboxylic acids is 1. The van der Waals surface area contributed by atoms with Crippen LogP contribution in [0.15, 0.2) is 53.4 Å². The van der Waals surface area contributed by atoms with Crippen LogP contribution in [0.5, 0.6) is 0 Å². The van der Waals surface area contributed by atoms with E-state index in [9.17, 15) is 18.3 Å². The van der Waals surface area contributed by atoms with Gasteiger partial charge in [-0.3, -0.25) is 4.72 Å². The summed E-state index contributed by atoms with van der Waals surface area (Å²) in [7, 11) is -3.89. The van der Waals surface area contributed by atoms with Crippen molar-refractivity contribution in [2.24, 2.45) is 0 Å². The maximum atomic E-state index is 12.4. The molecule has 2 rings (SSSR count). The smallest absolute Gasteiger partial charge is 0.337 e. The zero-order valence-electron chi connectivity index (χ0n) is 12.8. The van der Waals surface area contributed by atoms with Crippen LogP contribution in [0, 0.1) is 0 Å². The van der Waals surface area contributed by atoms with E-state index in [1.165, 1.54) is 12.1 Å². The Morgan fingerprint density at radius 3 is 2.42 bits per heavy atom. The topological polar surface area (TPSA) is 116 Å². The van der Waals surface area contributed by atoms with Gasteiger partial charge in [-0.05, 0) is 36.8 Å². The summed E-state index contributed by atoms with van der Waals surface area (Å²) in [5, 5.41) is 20.9. The van der Waals surface area contributed by atoms with E-state index in [1.54, 1.807) is 30.3 Å². The maximum absolute atomic E-state index is 12.4. The number of nitrogens with one attached hydrogen (secondary N) is 2. The Morgan fingerprint density at radius 2 is 1.79 bits per heavy atom. The van der Waals surface area contributed by atoms with Crippen LogP contribution in [0.25, 0.3) is 0 Å². The number of anilines is 2. The minimum atomic E-state index is -3.89. The predicted molar refractivity (Wildman–Crippen MR) is 90.8 cm³/mol. The lowest BCUT2D eigenvalue weighted by atomic mass is 10.2. The van der Waals surface area contributed by atoms with Gasteiger partial charge >= 0.3 is 5.97 Å². The summed E-state index contributed by atoms with van der Waals surface area (Å²) in [6.45, 7) is 0.355. The number of para-hydroxylation sites is 1. The van der Waals surface area contributed by atoms with Gasteiger partial charge in [-0.25, -0.2) is 13.2 Å². The van der Waals surface area contributed by atoms with Crippen molar-refractivity contribution in [1.29, 1.82) is 0 Å². The number of hydrogen-bond donors (Lipinski definition) is 4. The first-order valence-electron chi connectivity index (χ1n) is 7.24. The number of hydrogen-bond acceptors (Lipinski definition) is 5. The van der Waals surface area contributed by atoms with E-state index in [4.69, 9.17) is 5.11 Å². The average Bonchev–Trinajstić information content (AvgIpc) is 2.55. The Labute approximate surface area is 140 Å². The Bertz CT molecular complexity index is 806. The molecule has 0 spiro atoms. The molecule has 0 aliphatic rings. The van der Waals surface area contributed by atoms with Crippen molar-refractivity contribution in [2.45, 2.75) is 11.3 Å². The van der Waals surface area contributed by atoms with Crippen LogP contribution in [0.2, 0.25) is 0 Å². The molecule has 0 atom stereocenters. The summed E-state index contributed by atoms with van der Waals surface area (Å²) in [5.74, 6) is -1.24. The number of aliphatic hydroxyl groups is 1. The van der Waals surface area contributed by atoms with E-state index in [0.29, 0.717) is 24.3 Å². The SMILES string of the molecule is O=C(O)c1cc(S(=O)(=O)Nc2ccccc2)ccc1NCCCO. The molecule has 0 saturated carbocycles. The summed E-state index contributed by atoms with van der Waals surface area (Å²) >= 11 is 0. The van der Waals surface area contributed by atoms with Crippen LogP contribution in [-0.4, -0.2) is 37.8 Å². The molecule has 0 heterocycles. The second-order valence-electron chi connectivity index (χ2n) is 4.99. The molecule has 2 aromatic carbocycles. The molecule has 0 amide bonds. The van der Waals surface area contributed by atoms with E-state index >= 15 is 0 Å². The quantitative estimate of drug-likeness (QED) is 0.541. The molecule has 4 N–H and O–H groups in total. The highest BCUT2D eigenvalue weighted by Crippen LogP contribution is 2.22. The van der Waals surface area contributed by atoms with Gasteiger partial charge in [-0.15, -0.1) is 0 Å². The molecule has 0 aromatic heterocycles. The molecule has 0 unspecified atom stereocenters. The van der Waals surface area contributed by atoms with Gasteiger partial charge in [0.05, 0.1) is 10.5 Å². The Kier molecular flexibility index (Phi) is 5.78. The fourth-order valence-electron chi connectivity index (χ4n) is 2.04. The lowest BCUT2D eigenvalue weighted by molar-refractivity contribution is 0.0697. The molecule has 7 nitrogen and oxygen atoms in total. The molecule has 0 aliphatic carbocycles. The molecule has 24 heavy (non-hydrogen) atoms. The number of sulfonamides is 1. The van der Waals surface area contributed by atoms with Crippen molar-refractivity contribution in [3.63, 3.8) is 0 Å². The normalized spacial score (nSPS) is 11.0. The molecule has 128 valence electrons. The second-order valence-corrected chi connectivity index (χ2v) is 6.67. The molecule has 0 fully saturated rings. The number of rotatable bonds is 8. The predicted octanol–water partition coefficient (Wildman–Crippen LogP) is 1.98. The molecular weight excluding hydrogens is 332 g/mol. The first kappa shape index (κ1) is 17.8. The van der Waals surface area contributed by atoms with E-state index in [2.05, 4.69) is 10.0 Å². The molecule has 0 aliphatic heterocycles. The van der Waals surface area contributed by atoms with Crippen LogP contribution >= 0.6 is 0 Å². The van der Waals surface area contributed by atoms with Crippen LogP contribution in [0.1, 0.15) is 16.8 Å². The molecule has 0 radical (unpaired) electrons. The zero-order chi connectivity index (χ0) is 17.6. The molecule has 8 heteroatoms. The van der Waals surface area contributed by atoms with E-state index < -0.39 is 16.0 Å². The Morgan fingerprint density at radius 1 is 1.08 bits per heavy atom.